The number of nitrogens with zero attached hydrogens (tertiary/aromatic N) is 1. The lowest BCUT2D eigenvalue weighted by Crippen LogP contribution is -2.15. The molecule has 0 bridgehead atoms. The maximum absolute atomic E-state index is 13.0. The minimum atomic E-state index is -0.372. The van der Waals surface area contributed by atoms with Crippen molar-refractivity contribution >= 4 is 11.6 Å². The van der Waals surface area contributed by atoms with Crippen molar-refractivity contribution in [3.8, 4) is 28.7 Å². The fraction of sp³-hybridized carbons (Fsp3) is 0.111. The summed E-state index contributed by atoms with van der Waals surface area (Å²) in [5.41, 5.74) is 7.37. The van der Waals surface area contributed by atoms with Crippen molar-refractivity contribution in [2.45, 2.75) is 26.1 Å². The summed E-state index contributed by atoms with van der Waals surface area (Å²) in [7, 11) is 0. The number of aromatic amines is 1. The number of rotatable bonds is 8. The number of H-pyrrole nitrogens is 1. The van der Waals surface area contributed by atoms with E-state index in [1.165, 1.54) is 0 Å². The standard InChI is InChI=1S/C36H28N2O3/c37-22-33-34(28-13-18-31(19-14-28)41-24-27-9-5-2-6-10-27)32-20-15-29(35(32)38-36(33)39)21-25-11-16-30(17-12-25)40-23-26-7-3-1-4-8-26/h1-14,16-19,21H,15,20,23-24H2,(H,38,39)/b29-21+. The van der Waals surface area contributed by atoms with Crippen LogP contribution in [0.5, 0.6) is 11.5 Å². The predicted octanol–water partition coefficient (Wildman–Crippen LogP) is 7.56. The van der Waals surface area contributed by atoms with E-state index in [4.69, 9.17) is 9.47 Å². The van der Waals surface area contributed by atoms with Crippen molar-refractivity contribution in [2.75, 3.05) is 0 Å². The van der Waals surface area contributed by atoms with Crippen LogP contribution in [0.25, 0.3) is 22.8 Å². The summed E-state index contributed by atoms with van der Waals surface area (Å²) in [5.74, 6) is 1.53. The molecular weight excluding hydrogens is 508 g/mol. The molecule has 6 rings (SSSR count). The number of fused-ring (bicyclic) bond motifs is 1. The molecule has 0 atom stereocenters. The molecular formula is C36H28N2O3. The van der Waals surface area contributed by atoms with E-state index >= 15 is 0 Å². The second-order valence-corrected chi connectivity index (χ2v) is 9.98. The SMILES string of the molecule is N#Cc1c(-c2ccc(OCc3ccccc3)cc2)c2c([nH]c1=O)/C(=C/c1ccc(OCc3ccccc3)cc1)CC2. The van der Waals surface area contributed by atoms with E-state index in [0.717, 1.165) is 63.4 Å². The zero-order valence-corrected chi connectivity index (χ0v) is 22.5. The number of hydrogen-bond acceptors (Lipinski definition) is 4. The van der Waals surface area contributed by atoms with Gasteiger partial charge in [0.05, 0.1) is 0 Å². The first kappa shape index (κ1) is 25.9. The van der Waals surface area contributed by atoms with Gasteiger partial charge in [-0.05, 0) is 76.6 Å². The van der Waals surface area contributed by atoms with Crippen LogP contribution in [0.3, 0.4) is 0 Å². The monoisotopic (exact) mass is 536 g/mol. The molecule has 41 heavy (non-hydrogen) atoms. The van der Waals surface area contributed by atoms with Gasteiger partial charge >= 0.3 is 0 Å². The largest absolute Gasteiger partial charge is 0.489 e. The third-order valence-electron chi connectivity index (χ3n) is 7.26. The van der Waals surface area contributed by atoms with Crippen LogP contribution in [-0.2, 0) is 19.6 Å². The van der Waals surface area contributed by atoms with Gasteiger partial charge in [0.1, 0.15) is 36.3 Å². The molecule has 0 amide bonds. The number of ether oxygens (including phenoxy) is 2. The lowest BCUT2D eigenvalue weighted by atomic mass is 9.95. The Morgan fingerprint density at radius 2 is 1.29 bits per heavy atom. The van der Waals surface area contributed by atoms with Crippen molar-refractivity contribution in [3.63, 3.8) is 0 Å². The smallest absolute Gasteiger partial charge is 0.266 e. The Labute approximate surface area is 239 Å². The minimum absolute atomic E-state index is 0.142. The third-order valence-corrected chi connectivity index (χ3v) is 7.26. The molecule has 0 fully saturated rings. The van der Waals surface area contributed by atoms with Crippen LogP contribution in [0.15, 0.2) is 114 Å². The Bertz CT molecular complexity index is 1780. The zero-order valence-electron chi connectivity index (χ0n) is 22.5. The highest BCUT2D eigenvalue weighted by Gasteiger charge is 2.25. The Morgan fingerprint density at radius 3 is 1.85 bits per heavy atom. The molecule has 0 aliphatic heterocycles. The van der Waals surface area contributed by atoms with Crippen molar-refractivity contribution < 1.29 is 9.47 Å². The summed E-state index contributed by atoms with van der Waals surface area (Å²) in [6.07, 6.45) is 3.61. The van der Waals surface area contributed by atoms with Crippen molar-refractivity contribution in [3.05, 3.63) is 153 Å². The lowest BCUT2D eigenvalue weighted by Gasteiger charge is -2.12. The zero-order chi connectivity index (χ0) is 28.0. The van der Waals surface area contributed by atoms with Gasteiger partial charge in [0.2, 0.25) is 0 Å². The predicted molar refractivity (Wildman–Crippen MR) is 161 cm³/mol. The Kier molecular flexibility index (Phi) is 7.46. The first-order chi connectivity index (χ1) is 20.2. The molecule has 5 heteroatoms. The molecule has 1 aliphatic carbocycles. The van der Waals surface area contributed by atoms with E-state index in [1.807, 2.05) is 109 Å². The Hall–Kier alpha value is -5.34. The number of allylic oxidation sites excluding steroid dienone is 1. The molecule has 5 nitrogen and oxygen atoms in total. The average Bonchev–Trinajstić information content (AvgIpc) is 3.42. The van der Waals surface area contributed by atoms with Crippen LogP contribution in [0, 0.1) is 11.3 Å². The van der Waals surface area contributed by atoms with E-state index in [1.54, 1.807) is 0 Å². The third kappa shape index (κ3) is 5.83. The number of hydrogen-bond donors (Lipinski definition) is 1. The summed E-state index contributed by atoms with van der Waals surface area (Å²) in [4.78, 5) is 16.0. The molecule has 0 saturated heterocycles. The summed E-state index contributed by atoms with van der Waals surface area (Å²) in [6.45, 7) is 0.984. The van der Waals surface area contributed by atoms with Crippen LogP contribution < -0.4 is 15.0 Å². The summed E-state index contributed by atoms with van der Waals surface area (Å²) >= 11 is 0. The number of nitrogens with one attached hydrogen (secondary N) is 1. The molecule has 0 radical (unpaired) electrons. The number of pyridine rings is 1. The quantitative estimate of drug-likeness (QED) is 0.222. The first-order valence-corrected chi connectivity index (χ1v) is 13.6. The molecule has 5 aromatic rings. The molecule has 1 aromatic heterocycles. The molecule has 1 aliphatic rings. The fourth-order valence-corrected chi connectivity index (χ4v) is 5.18. The van der Waals surface area contributed by atoms with Crippen molar-refractivity contribution in [1.82, 2.24) is 4.98 Å². The van der Waals surface area contributed by atoms with Gasteiger partial charge in [-0.15, -0.1) is 0 Å². The van der Waals surface area contributed by atoms with E-state index in [9.17, 15) is 10.1 Å². The highest BCUT2D eigenvalue weighted by atomic mass is 16.5. The van der Waals surface area contributed by atoms with Crippen LogP contribution in [0.4, 0.5) is 0 Å². The van der Waals surface area contributed by atoms with Crippen molar-refractivity contribution in [2.24, 2.45) is 0 Å². The molecule has 0 spiro atoms. The van der Waals surface area contributed by atoms with Gasteiger partial charge in [-0.1, -0.05) is 84.9 Å². The molecule has 0 saturated carbocycles. The van der Waals surface area contributed by atoms with E-state index in [2.05, 4.69) is 17.1 Å². The van der Waals surface area contributed by atoms with Gasteiger partial charge in [-0.2, -0.15) is 5.26 Å². The summed E-state index contributed by atoms with van der Waals surface area (Å²) in [5, 5.41) is 9.88. The van der Waals surface area contributed by atoms with Gasteiger partial charge in [-0.3, -0.25) is 4.79 Å². The van der Waals surface area contributed by atoms with E-state index in [0.29, 0.717) is 18.8 Å². The highest BCUT2D eigenvalue weighted by Crippen LogP contribution is 2.39. The molecule has 4 aromatic carbocycles. The van der Waals surface area contributed by atoms with Crippen LogP contribution in [0.1, 0.15) is 39.9 Å². The molecule has 0 unspecified atom stereocenters. The van der Waals surface area contributed by atoms with E-state index in [-0.39, 0.29) is 11.1 Å². The van der Waals surface area contributed by atoms with Crippen LogP contribution in [0.2, 0.25) is 0 Å². The molecule has 1 heterocycles. The highest BCUT2D eigenvalue weighted by molar-refractivity contribution is 5.88. The van der Waals surface area contributed by atoms with Crippen molar-refractivity contribution in [1.29, 1.82) is 5.26 Å². The van der Waals surface area contributed by atoms with E-state index < -0.39 is 0 Å². The maximum atomic E-state index is 13.0. The average molecular weight is 537 g/mol. The Balaban J connectivity index is 1.23. The maximum Gasteiger partial charge on any atom is 0.266 e. The van der Waals surface area contributed by atoms with Gasteiger partial charge in [0, 0.05) is 11.3 Å². The van der Waals surface area contributed by atoms with Crippen LogP contribution in [-0.4, -0.2) is 4.98 Å². The second-order valence-electron chi connectivity index (χ2n) is 9.98. The minimum Gasteiger partial charge on any atom is -0.489 e. The van der Waals surface area contributed by atoms with Gasteiger partial charge in [0.25, 0.3) is 5.56 Å². The normalized spacial score (nSPS) is 13.0. The summed E-state index contributed by atoms with van der Waals surface area (Å²) < 4.78 is 11.9. The van der Waals surface area contributed by atoms with Gasteiger partial charge in [-0.25, -0.2) is 0 Å². The lowest BCUT2D eigenvalue weighted by molar-refractivity contribution is 0.306. The molecule has 200 valence electrons. The summed E-state index contributed by atoms with van der Waals surface area (Å²) in [6, 6.07) is 37.8. The molecule has 1 N–H and O–H groups in total. The topological polar surface area (TPSA) is 75.1 Å². The Morgan fingerprint density at radius 1 is 0.732 bits per heavy atom. The fourth-order valence-electron chi connectivity index (χ4n) is 5.18. The van der Waals surface area contributed by atoms with Crippen LogP contribution >= 0.6 is 0 Å². The van der Waals surface area contributed by atoms with Gasteiger partial charge in [0.15, 0.2) is 0 Å². The number of benzene rings is 4. The number of nitriles is 1. The van der Waals surface area contributed by atoms with Gasteiger partial charge < -0.3 is 14.5 Å². The number of aromatic nitrogens is 1. The first-order valence-electron chi connectivity index (χ1n) is 13.6. The second kappa shape index (κ2) is 11.8.